The van der Waals surface area contributed by atoms with Crippen LogP contribution < -0.4 is 10.6 Å². The molecule has 0 aromatic heterocycles. The smallest absolute Gasteiger partial charge is 0.319 e. The van der Waals surface area contributed by atoms with Crippen molar-refractivity contribution in [3.05, 3.63) is 30.1 Å². The van der Waals surface area contributed by atoms with Crippen molar-refractivity contribution in [1.82, 2.24) is 10.2 Å². The van der Waals surface area contributed by atoms with Gasteiger partial charge < -0.3 is 25.0 Å². The number of rotatable bonds is 3. The third kappa shape index (κ3) is 4.90. The highest BCUT2D eigenvalue weighted by Gasteiger charge is 2.30. The maximum absolute atomic E-state index is 12.9. The van der Waals surface area contributed by atoms with Crippen molar-refractivity contribution in [3.63, 3.8) is 0 Å². The summed E-state index contributed by atoms with van der Waals surface area (Å²) >= 11 is 0. The van der Waals surface area contributed by atoms with Gasteiger partial charge in [0.1, 0.15) is 5.82 Å². The number of carbonyl (C=O) groups excluding carboxylic acids is 2. The number of likely N-dealkylation sites (tertiary alicyclic amines) is 1. The molecular formula is C17H22FN3O4. The fraction of sp³-hybridized carbons (Fsp3) is 0.529. The van der Waals surface area contributed by atoms with Gasteiger partial charge in [0.05, 0.1) is 19.8 Å². The van der Waals surface area contributed by atoms with Crippen molar-refractivity contribution in [3.8, 4) is 0 Å². The molecule has 0 radical (unpaired) electrons. The first-order chi connectivity index (χ1) is 12.1. The molecule has 136 valence electrons. The van der Waals surface area contributed by atoms with Crippen LogP contribution in [0.3, 0.4) is 0 Å². The highest BCUT2D eigenvalue weighted by Crippen LogP contribution is 2.14. The molecule has 3 rings (SSSR count). The van der Waals surface area contributed by atoms with Gasteiger partial charge in [-0.15, -0.1) is 0 Å². The number of ether oxygens (including phenoxy) is 2. The molecule has 1 aromatic rings. The second kappa shape index (κ2) is 8.26. The summed E-state index contributed by atoms with van der Waals surface area (Å²) in [4.78, 5) is 26.1. The summed E-state index contributed by atoms with van der Waals surface area (Å²) in [6, 6.07) is 5.24. The molecule has 7 nitrogen and oxygen atoms in total. The highest BCUT2D eigenvalue weighted by molar-refractivity contribution is 5.89. The van der Waals surface area contributed by atoms with Crippen LogP contribution in [0.1, 0.15) is 12.8 Å². The van der Waals surface area contributed by atoms with Gasteiger partial charge in [0.15, 0.2) is 6.10 Å². The number of anilines is 1. The van der Waals surface area contributed by atoms with Gasteiger partial charge in [-0.1, -0.05) is 0 Å². The van der Waals surface area contributed by atoms with Crippen LogP contribution in [-0.2, 0) is 14.3 Å². The lowest BCUT2D eigenvalue weighted by molar-refractivity contribution is -0.158. The molecule has 0 spiro atoms. The number of nitrogens with one attached hydrogen (secondary N) is 2. The van der Waals surface area contributed by atoms with E-state index < -0.39 is 6.10 Å². The Morgan fingerprint density at radius 2 is 1.84 bits per heavy atom. The SMILES string of the molecule is O=C(Nc1ccc(F)cc1)NC1CCN(C(=O)C2COCCO2)CC1. The molecule has 3 amide bonds. The molecule has 2 fully saturated rings. The van der Waals surface area contributed by atoms with Gasteiger partial charge in [0.2, 0.25) is 0 Å². The Morgan fingerprint density at radius 3 is 2.48 bits per heavy atom. The number of hydrogen-bond acceptors (Lipinski definition) is 4. The van der Waals surface area contributed by atoms with Gasteiger partial charge in [-0.3, -0.25) is 4.79 Å². The third-order valence-corrected chi connectivity index (χ3v) is 4.34. The van der Waals surface area contributed by atoms with E-state index in [1.54, 1.807) is 4.90 Å². The average molecular weight is 351 g/mol. The van der Waals surface area contributed by atoms with Crippen LogP contribution in [0, 0.1) is 5.82 Å². The number of urea groups is 1. The monoisotopic (exact) mass is 351 g/mol. The molecule has 2 aliphatic heterocycles. The van der Waals surface area contributed by atoms with Crippen molar-refractivity contribution < 1.29 is 23.5 Å². The van der Waals surface area contributed by atoms with Gasteiger partial charge in [-0.2, -0.15) is 0 Å². The third-order valence-electron chi connectivity index (χ3n) is 4.34. The Hall–Kier alpha value is -2.19. The van der Waals surface area contributed by atoms with E-state index in [1.807, 2.05) is 0 Å². The van der Waals surface area contributed by atoms with E-state index in [0.717, 1.165) is 0 Å². The molecule has 8 heteroatoms. The first-order valence-electron chi connectivity index (χ1n) is 8.43. The van der Waals surface area contributed by atoms with Crippen LogP contribution in [0.25, 0.3) is 0 Å². The topological polar surface area (TPSA) is 79.9 Å². The Kier molecular flexibility index (Phi) is 5.83. The summed E-state index contributed by atoms with van der Waals surface area (Å²) in [5.41, 5.74) is 0.529. The predicted octanol–water partition coefficient (Wildman–Crippen LogP) is 1.35. The summed E-state index contributed by atoms with van der Waals surface area (Å²) < 4.78 is 23.6. The molecule has 1 unspecified atom stereocenters. The van der Waals surface area contributed by atoms with E-state index in [-0.39, 0.29) is 23.8 Å². The summed E-state index contributed by atoms with van der Waals surface area (Å²) in [5.74, 6) is -0.399. The highest BCUT2D eigenvalue weighted by atomic mass is 19.1. The molecule has 0 saturated carbocycles. The Bertz CT molecular complexity index is 596. The van der Waals surface area contributed by atoms with Crippen molar-refractivity contribution in [2.45, 2.75) is 25.0 Å². The van der Waals surface area contributed by atoms with Crippen molar-refractivity contribution in [1.29, 1.82) is 0 Å². The second-order valence-electron chi connectivity index (χ2n) is 6.14. The molecule has 25 heavy (non-hydrogen) atoms. The van der Waals surface area contributed by atoms with Crippen LogP contribution in [0.4, 0.5) is 14.9 Å². The van der Waals surface area contributed by atoms with Crippen LogP contribution in [0.2, 0.25) is 0 Å². The van der Waals surface area contributed by atoms with Gasteiger partial charge in [-0.05, 0) is 37.1 Å². The zero-order valence-corrected chi connectivity index (χ0v) is 13.9. The zero-order valence-electron chi connectivity index (χ0n) is 13.9. The first kappa shape index (κ1) is 17.6. The molecule has 2 aliphatic rings. The number of hydrogen-bond donors (Lipinski definition) is 2. The van der Waals surface area contributed by atoms with E-state index >= 15 is 0 Å². The fourth-order valence-corrected chi connectivity index (χ4v) is 2.96. The molecule has 2 N–H and O–H groups in total. The summed E-state index contributed by atoms with van der Waals surface area (Å²) in [6.07, 6.45) is 0.840. The van der Waals surface area contributed by atoms with E-state index in [4.69, 9.17) is 9.47 Å². The second-order valence-corrected chi connectivity index (χ2v) is 6.14. The van der Waals surface area contributed by atoms with Gasteiger partial charge >= 0.3 is 6.03 Å². The maximum atomic E-state index is 12.9. The minimum absolute atomic E-state index is 0.00646. The fourth-order valence-electron chi connectivity index (χ4n) is 2.96. The molecule has 0 aliphatic carbocycles. The van der Waals surface area contributed by atoms with Crippen LogP contribution >= 0.6 is 0 Å². The van der Waals surface area contributed by atoms with Crippen molar-refractivity contribution in [2.24, 2.45) is 0 Å². The van der Waals surface area contributed by atoms with Crippen molar-refractivity contribution in [2.75, 3.05) is 38.2 Å². The predicted molar refractivity (Wildman–Crippen MR) is 88.7 cm³/mol. The summed E-state index contributed by atoms with van der Waals surface area (Å²) in [6.45, 7) is 2.41. The number of halogens is 1. The van der Waals surface area contributed by atoms with E-state index in [0.29, 0.717) is 51.4 Å². The first-order valence-corrected chi connectivity index (χ1v) is 8.43. The van der Waals surface area contributed by atoms with Crippen LogP contribution in [-0.4, -0.2) is 61.9 Å². The van der Waals surface area contributed by atoms with E-state index in [2.05, 4.69) is 10.6 Å². The average Bonchev–Trinajstić information content (AvgIpc) is 2.64. The molecule has 2 heterocycles. The molecule has 0 bridgehead atoms. The normalized spacial score (nSPS) is 21.6. The van der Waals surface area contributed by atoms with Gasteiger partial charge in [0, 0.05) is 24.8 Å². The largest absolute Gasteiger partial charge is 0.376 e. The Morgan fingerprint density at radius 1 is 1.12 bits per heavy atom. The maximum Gasteiger partial charge on any atom is 0.319 e. The minimum Gasteiger partial charge on any atom is -0.376 e. The number of piperidine rings is 1. The van der Waals surface area contributed by atoms with Crippen LogP contribution in [0.15, 0.2) is 24.3 Å². The van der Waals surface area contributed by atoms with Gasteiger partial charge in [0.25, 0.3) is 5.91 Å². The Balaban J connectivity index is 1.41. The molecule has 2 saturated heterocycles. The number of benzene rings is 1. The number of carbonyl (C=O) groups is 2. The minimum atomic E-state index is -0.514. The number of nitrogens with zero attached hydrogens (tertiary/aromatic N) is 1. The molecular weight excluding hydrogens is 329 g/mol. The lowest BCUT2D eigenvalue weighted by atomic mass is 10.0. The van der Waals surface area contributed by atoms with Crippen molar-refractivity contribution >= 4 is 17.6 Å². The zero-order chi connectivity index (χ0) is 17.6. The molecule has 1 aromatic carbocycles. The molecule has 1 atom stereocenters. The van der Waals surface area contributed by atoms with Crippen LogP contribution in [0.5, 0.6) is 0 Å². The van der Waals surface area contributed by atoms with E-state index in [9.17, 15) is 14.0 Å². The summed E-state index contributed by atoms with van der Waals surface area (Å²) in [7, 11) is 0. The van der Waals surface area contributed by atoms with Gasteiger partial charge in [-0.25, -0.2) is 9.18 Å². The Labute approximate surface area is 145 Å². The summed E-state index contributed by atoms with van der Waals surface area (Å²) in [5, 5.41) is 5.55. The number of amides is 3. The quantitative estimate of drug-likeness (QED) is 0.862. The van der Waals surface area contributed by atoms with E-state index in [1.165, 1.54) is 24.3 Å². The standard InChI is InChI=1S/C17H22FN3O4/c18-12-1-3-13(4-2-12)19-17(23)20-14-5-7-21(8-6-14)16(22)15-11-24-9-10-25-15/h1-4,14-15H,5-11H2,(H2,19,20,23). The lowest BCUT2D eigenvalue weighted by Gasteiger charge is -2.35. The lowest BCUT2D eigenvalue weighted by Crippen LogP contribution is -2.51.